The Morgan fingerprint density at radius 3 is 2.37 bits per heavy atom. The largest absolute Gasteiger partial charge is 0.454 e. The van der Waals surface area contributed by atoms with E-state index in [2.05, 4.69) is 12.1 Å². The lowest BCUT2D eigenvalue weighted by Gasteiger charge is -2.16. The number of aryl methyl sites for hydroxylation is 1. The number of ketones is 1. The fraction of sp³-hybridized carbons (Fsp3) is 0.286. The van der Waals surface area contributed by atoms with Gasteiger partial charge >= 0.3 is 6.18 Å². The minimum atomic E-state index is -4.97. The third-order valence-electron chi connectivity index (χ3n) is 4.32. The second-order valence-corrected chi connectivity index (χ2v) is 7.19. The number of hydroxylamine groups is 1. The summed E-state index contributed by atoms with van der Waals surface area (Å²) in [4.78, 5) is 12.0. The molecule has 0 aliphatic heterocycles. The molecule has 0 radical (unpaired) electrons. The highest BCUT2D eigenvalue weighted by molar-refractivity contribution is 6.09. The maximum atomic E-state index is 13.1. The van der Waals surface area contributed by atoms with E-state index in [1.807, 2.05) is 0 Å². The van der Waals surface area contributed by atoms with Gasteiger partial charge < -0.3 is 5.21 Å². The second kappa shape index (κ2) is 7.29. The standard InChI is InChI=1S/C21H22F3NO2/c1-12(2)14-7-6-13(3)18-16(10-14)15(8-9-20(4,5)25-27)11-17(18)19(26)21(22,23)24/h6-11,25,27H,1H2,2-5H3. The Morgan fingerprint density at radius 1 is 1.22 bits per heavy atom. The smallest absolute Gasteiger partial charge is 0.316 e. The number of alkyl halides is 3. The van der Waals surface area contributed by atoms with Crippen molar-refractivity contribution in [1.82, 2.24) is 5.48 Å². The number of rotatable bonds is 5. The molecule has 6 heteroatoms. The van der Waals surface area contributed by atoms with E-state index in [-0.39, 0.29) is 11.1 Å². The fourth-order valence-electron chi connectivity index (χ4n) is 2.75. The highest BCUT2D eigenvalue weighted by Gasteiger charge is 2.41. The van der Waals surface area contributed by atoms with Gasteiger partial charge in [0.15, 0.2) is 0 Å². The van der Waals surface area contributed by atoms with E-state index < -0.39 is 17.5 Å². The Labute approximate surface area is 156 Å². The van der Waals surface area contributed by atoms with Crippen LogP contribution in [0.15, 0.2) is 36.9 Å². The fourth-order valence-corrected chi connectivity index (χ4v) is 2.75. The number of halogens is 3. The van der Waals surface area contributed by atoms with Gasteiger partial charge in [0.1, 0.15) is 0 Å². The van der Waals surface area contributed by atoms with Gasteiger partial charge in [0.05, 0.1) is 5.54 Å². The van der Waals surface area contributed by atoms with Crippen LogP contribution < -0.4 is 5.48 Å². The van der Waals surface area contributed by atoms with Crippen LogP contribution in [0.1, 0.15) is 47.8 Å². The first-order valence-corrected chi connectivity index (χ1v) is 8.32. The molecule has 0 amide bonds. The normalized spacial score (nSPS) is 12.7. The van der Waals surface area contributed by atoms with Gasteiger partial charge in [-0.15, -0.1) is 0 Å². The number of allylic oxidation sites excluding steroid dienone is 1. The topological polar surface area (TPSA) is 49.3 Å². The van der Waals surface area contributed by atoms with Crippen LogP contribution >= 0.6 is 0 Å². The van der Waals surface area contributed by atoms with Crippen molar-refractivity contribution in [3.05, 3.63) is 59.2 Å². The van der Waals surface area contributed by atoms with E-state index >= 15 is 0 Å². The maximum absolute atomic E-state index is 13.1. The second-order valence-electron chi connectivity index (χ2n) is 7.19. The van der Waals surface area contributed by atoms with Crippen LogP contribution in [0, 0.1) is 6.92 Å². The number of nitrogens with one attached hydrogen (secondary N) is 1. The molecule has 0 fully saturated rings. The van der Waals surface area contributed by atoms with Crippen molar-refractivity contribution < 1.29 is 23.2 Å². The Bertz CT molecular complexity index is 895. The van der Waals surface area contributed by atoms with Gasteiger partial charge in [-0.25, -0.2) is 0 Å². The van der Waals surface area contributed by atoms with Gasteiger partial charge in [0, 0.05) is 5.56 Å². The quantitative estimate of drug-likeness (QED) is 0.523. The maximum Gasteiger partial charge on any atom is 0.454 e. The van der Waals surface area contributed by atoms with Crippen molar-refractivity contribution in [2.24, 2.45) is 0 Å². The molecule has 0 saturated heterocycles. The Balaban J connectivity index is 2.80. The highest BCUT2D eigenvalue weighted by atomic mass is 19.4. The molecule has 2 aliphatic rings. The first-order valence-electron chi connectivity index (χ1n) is 8.32. The zero-order valence-corrected chi connectivity index (χ0v) is 15.7. The van der Waals surface area contributed by atoms with Gasteiger partial charge in [-0.3, -0.25) is 4.79 Å². The average Bonchev–Trinajstić information content (AvgIpc) is 2.83. The van der Waals surface area contributed by atoms with Crippen LogP contribution in [0.25, 0.3) is 22.8 Å². The molecule has 0 spiro atoms. The van der Waals surface area contributed by atoms with Crippen molar-refractivity contribution in [1.29, 1.82) is 0 Å². The Morgan fingerprint density at radius 2 is 1.85 bits per heavy atom. The number of hydrogen-bond acceptors (Lipinski definition) is 3. The summed E-state index contributed by atoms with van der Waals surface area (Å²) in [5.74, 6) is -1.88. The molecule has 0 heterocycles. The summed E-state index contributed by atoms with van der Waals surface area (Å²) in [5.41, 5.74) is 4.26. The molecule has 27 heavy (non-hydrogen) atoms. The predicted octanol–water partition coefficient (Wildman–Crippen LogP) is 5.65. The molecule has 0 atom stereocenters. The summed E-state index contributed by atoms with van der Waals surface area (Å²) in [6, 6.07) is 6.44. The molecule has 0 aromatic carbocycles. The third kappa shape index (κ3) is 4.46. The van der Waals surface area contributed by atoms with Gasteiger partial charge in [0.2, 0.25) is 0 Å². The van der Waals surface area contributed by atoms with E-state index in [9.17, 15) is 23.2 Å². The first kappa shape index (κ1) is 20.9. The van der Waals surface area contributed by atoms with Crippen LogP contribution in [0.4, 0.5) is 13.2 Å². The molecule has 0 saturated carbocycles. The van der Waals surface area contributed by atoms with E-state index in [0.29, 0.717) is 16.7 Å². The van der Waals surface area contributed by atoms with Crippen LogP contribution in [-0.4, -0.2) is 22.7 Å². The van der Waals surface area contributed by atoms with Gasteiger partial charge in [-0.05, 0) is 67.6 Å². The van der Waals surface area contributed by atoms with Crippen LogP contribution in [0.3, 0.4) is 0 Å². The molecule has 0 aromatic heterocycles. The molecule has 2 rings (SSSR count). The molecular formula is C21H22F3NO2. The van der Waals surface area contributed by atoms with E-state index in [4.69, 9.17) is 0 Å². The summed E-state index contributed by atoms with van der Waals surface area (Å²) in [6.07, 6.45) is -1.75. The molecule has 3 nitrogen and oxygen atoms in total. The summed E-state index contributed by atoms with van der Waals surface area (Å²) in [5, 5.41) is 9.17. The van der Waals surface area contributed by atoms with Crippen molar-refractivity contribution >= 4 is 17.4 Å². The van der Waals surface area contributed by atoms with Crippen molar-refractivity contribution in [2.75, 3.05) is 0 Å². The van der Waals surface area contributed by atoms with Crippen molar-refractivity contribution in [2.45, 2.75) is 39.4 Å². The average molecular weight is 377 g/mol. The van der Waals surface area contributed by atoms with Gasteiger partial charge in [0.25, 0.3) is 5.78 Å². The highest BCUT2D eigenvalue weighted by Crippen LogP contribution is 2.39. The summed E-state index contributed by atoms with van der Waals surface area (Å²) in [7, 11) is 0. The van der Waals surface area contributed by atoms with E-state index in [1.165, 1.54) is 6.07 Å². The summed E-state index contributed by atoms with van der Waals surface area (Å²) in [6.45, 7) is 10.8. The SMILES string of the molecule is C=C(C)c1ccc(C)c2c(C(=O)C(F)(F)F)cc(C=CC(C)(C)NO)c-2c1. The predicted molar refractivity (Wildman–Crippen MR) is 101 cm³/mol. The third-order valence-corrected chi connectivity index (χ3v) is 4.32. The lowest BCUT2D eigenvalue weighted by Crippen LogP contribution is -2.33. The molecule has 0 aromatic rings. The number of hydrogen-bond donors (Lipinski definition) is 2. The van der Waals surface area contributed by atoms with Gasteiger partial charge in [-0.1, -0.05) is 36.4 Å². The van der Waals surface area contributed by atoms with E-state index in [1.54, 1.807) is 58.0 Å². The molecule has 2 aliphatic carbocycles. The number of fused-ring (bicyclic) bond motifs is 1. The minimum Gasteiger partial charge on any atom is -0.316 e. The Kier molecular flexibility index (Phi) is 5.63. The zero-order valence-electron chi connectivity index (χ0n) is 15.7. The molecular weight excluding hydrogens is 355 g/mol. The van der Waals surface area contributed by atoms with Gasteiger partial charge in [-0.2, -0.15) is 18.7 Å². The van der Waals surface area contributed by atoms with Crippen molar-refractivity contribution in [3.8, 4) is 11.1 Å². The summed E-state index contributed by atoms with van der Waals surface area (Å²) >= 11 is 0. The summed E-state index contributed by atoms with van der Waals surface area (Å²) < 4.78 is 39.3. The number of Topliss-reactive ketones (excluding diaryl/α,β-unsaturated/α-hetero) is 1. The number of carbonyl (C=O) groups is 1. The minimum absolute atomic E-state index is 0.263. The molecule has 0 unspecified atom stereocenters. The molecule has 144 valence electrons. The molecule has 0 bridgehead atoms. The van der Waals surface area contributed by atoms with Crippen LogP contribution in [0.2, 0.25) is 0 Å². The lowest BCUT2D eigenvalue weighted by molar-refractivity contribution is -0.0884. The Hall–Kier alpha value is -2.44. The van der Waals surface area contributed by atoms with Crippen LogP contribution in [0.5, 0.6) is 0 Å². The number of carbonyl (C=O) groups excluding carboxylic acids is 1. The van der Waals surface area contributed by atoms with Crippen molar-refractivity contribution in [3.63, 3.8) is 0 Å². The monoisotopic (exact) mass is 377 g/mol. The lowest BCUT2D eigenvalue weighted by atomic mass is 9.99. The zero-order chi connectivity index (χ0) is 20.6. The van der Waals surface area contributed by atoms with E-state index in [0.717, 1.165) is 11.1 Å². The first-order chi connectivity index (χ1) is 12.4. The molecule has 2 N–H and O–H groups in total. The van der Waals surface area contributed by atoms with Crippen LogP contribution in [-0.2, 0) is 0 Å².